The van der Waals surface area contributed by atoms with Crippen molar-refractivity contribution in [1.82, 2.24) is 19.9 Å². The summed E-state index contributed by atoms with van der Waals surface area (Å²) in [6.07, 6.45) is 1.73. The Morgan fingerprint density at radius 2 is 1.92 bits per heavy atom. The molecule has 0 aliphatic heterocycles. The number of ether oxygens (including phenoxy) is 2. The first kappa shape index (κ1) is 20.6. The van der Waals surface area contributed by atoms with Gasteiger partial charge in [-0.2, -0.15) is 9.97 Å². The summed E-state index contributed by atoms with van der Waals surface area (Å²) < 4.78 is 23.1. The van der Waals surface area contributed by atoms with Gasteiger partial charge in [-0.15, -0.1) is 0 Å². The molecule has 0 fully saturated rings. The number of hydrogen-bond donors (Lipinski definition) is 1. The van der Waals surface area contributed by atoms with Crippen molar-refractivity contribution in [1.29, 1.82) is 0 Å². The van der Waals surface area contributed by atoms with Gasteiger partial charge in [0.05, 0.1) is 25.4 Å². The van der Waals surface area contributed by atoms with E-state index in [1.807, 2.05) is 13.8 Å². The number of hydrogen-bond acceptors (Lipinski definition) is 6. The zero-order valence-electron chi connectivity index (χ0n) is 13.9. The van der Waals surface area contributed by atoms with Gasteiger partial charge in [0.2, 0.25) is 5.88 Å². The summed E-state index contributed by atoms with van der Waals surface area (Å²) in [5.74, 6) is 1.49. The summed E-state index contributed by atoms with van der Waals surface area (Å²) in [5, 5.41) is 0.367. The predicted molar refractivity (Wildman–Crippen MR) is 98.0 cm³/mol. The summed E-state index contributed by atoms with van der Waals surface area (Å²) in [5.41, 5.74) is 3.75. The average molecular weight is 387 g/mol. The molecule has 0 aliphatic rings. The Morgan fingerprint density at radius 1 is 1.16 bits per heavy atom. The predicted octanol–water partition coefficient (Wildman–Crippen LogP) is 1.65. The summed E-state index contributed by atoms with van der Waals surface area (Å²) >= 11 is -1.37. The van der Waals surface area contributed by atoms with E-state index in [2.05, 4.69) is 19.9 Å². The molecule has 3 aromatic rings. The first-order valence-electron chi connectivity index (χ1n) is 7.31. The molecule has 7 nitrogen and oxygen atoms in total. The molecule has 0 unspecified atom stereocenters. The number of pyridine rings is 2. The van der Waals surface area contributed by atoms with Crippen LogP contribution in [0.4, 0.5) is 0 Å². The molecule has 3 aromatic heterocycles. The van der Waals surface area contributed by atoms with Gasteiger partial charge in [0.1, 0.15) is 5.75 Å². The van der Waals surface area contributed by atoms with Crippen LogP contribution in [0, 0.1) is 13.8 Å². The molecule has 1 N–H and O–H groups in total. The van der Waals surface area contributed by atoms with Gasteiger partial charge >= 0.3 is 56.5 Å². The molecule has 3 rings (SSSR count). The Labute approximate surface area is 191 Å². The molecule has 9 heteroatoms. The third-order valence-corrected chi connectivity index (χ3v) is 4.90. The van der Waals surface area contributed by atoms with Crippen LogP contribution in [-0.2, 0) is 16.9 Å². The van der Waals surface area contributed by atoms with Gasteiger partial charge in [0.15, 0.2) is 11.4 Å². The Bertz CT molecular complexity index is 887. The zero-order valence-corrected chi connectivity index (χ0v) is 14.7. The quantitative estimate of drug-likeness (QED) is 0.529. The van der Waals surface area contributed by atoms with Crippen LogP contribution in [0.3, 0.4) is 0 Å². The number of nitrogens with one attached hydrogen (secondary N) is 1. The molecule has 128 valence electrons. The van der Waals surface area contributed by atoms with Crippen LogP contribution in [0.15, 0.2) is 23.5 Å². The number of fused-ring (bicyclic) bond motifs is 1. The topological polar surface area (TPSA) is 96.0 Å². The maximum atomic E-state index is 12.7. The van der Waals surface area contributed by atoms with Gasteiger partial charge in [-0.3, -0.25) is 9.97 Å². The molecule has 25 heavy (non-hydrogen) atoms. The third kappa shape index (κ3) is 4.36. The van der Waals surface area contributed by atoms with Gasteiger partial charge in [-0.05, 0) is 19.9 Å². The van der Waals surface area contributed by atoms with Crippen molar-refractivity contribution in [2.75, 3.05) is 14.2 Å². The van der Waals surface area contributed by atoms with Crippen LogP contribution in [0.25, 0.3) is 11.2 Å². The standard InChI is InChI=1S/C16H18N4O3S.K.H/c1-9-7-17-12(10(2)14(9)23-4)8-24(21)16-18-11-5-6-13(22-3)19-15(11)20-16;;/h5-7H,8H2,1-4H3,(H,18,19,20);;/t24-;;/m1../s1. The minimum atomic E-state index is -1.37. The van der Waals surface area contributed by atoms with Crippen molar-refractivity contribution >= 4 is 73.7 Å². The van der Waals surface area contributed by atoms with E-state index in [4.69, 9.17) is 9.47 Å². The van der Waals surface area contributed by atoms with E-state index in [1.165, 1.54) is 0 Å². The summed E-state index contributed by atoms with van der Waals surface area (Å²) in [7, 11) is 3.16. The molecule has 0 radical (unpaired) electrons. The second-order valence-electron chi connectivity index (χ2n) is 5.30. The van der Waals surface area contributed by atoms with Crippen LogP contribution in [0.1, 0.15) is 16.8 Å². The van der Waals surface area contributed by atoms with E-state index in [9.17, 15) is 4.55 Å². The zero-order chi connectivity index (χ0) is 17.3. The molecular formula is C16H19KN4O3S. The second-order valence-corrected chi connectivity index (χ2v) is 6.67. The van der Waals surface area contributed by atoms with Crippen LogP contribution < -0.4 is 9.47 Å². The first-order chi connectivity index (χ1) is 11.5. The SMILES string of the molecule is COc1ccc2[nH]c([S@+]([O-])Cc3ncc(C)c(OC)c3C)nc2n1.[KH]. The van der Waals surface area contributed by atoms with Gasteiger partial charge in [-0.25, -0.2) is 0 Å². The number of aromatic amines is 1. The second kappa shape index (κ2) is 8.80. The Hall–Kier alpha value is -0.684. The van der Waals surface area contributed by atoms with Crippen molar-refractivity contribution < 1.29 is 14.0 Å². The van der Waals surface area contributed by atoms with Crippen molar-refractivity contribution in [3.63, 3.8) is 0 Å². The third-order valence-electron chi connectivity index (χ3n) is 3.74. The Balaban J connectivity index is 0.00000225. The summed E-state index contributed by atoms with van der Waals surface area (Å²) in [6.45, 7) is 3.84. The molecule has 0 aromatic carbocycles. The summed E-state index contributed by atoms with van der Waals surface area (Å²) in [4.78, 5) is 15.9. The number of rotatable bonds is 5. The van der Waals surface area contributed by atoms with Crippen molar-refractivity contribution in [2.45, 2.75) is 24.8 Å². The van der Waals surface area contributed by atoms with Crippen molar-refractivity contribution in [2.24, 2.45) is 0 Å². The average Bonchev–Trinajstić information content (AvgIpc) is 3.01. The molecule has 3 heterocycles. The van der Waals surface area contributed by atoms with E-state index >= 15 is 0 Å². The number of imidazole rings is 1. The van der Waals surface area contributed by atoms with Gasteiger partial charge in [0.25, 0.3) is 0 Å². The summed E-state index contributed by atoms with van der Waals surface area (Å²) in [6, 6.07) is 3.52. The van der Waals surface area contributed by atoms with E-state index in [0.29, 0.717) is 22.2 Å². The normalized spacial score (nSPS) is 11.9. The van der Waals surface area contributed by atoms with Crippen molar-refractivity contribution in [3.05, 3.63) is 35.2 Å². The van der Waals surface area contributed by atoms with E-state index in [0.717, 1.165) is 22.6 Å². The molecular weight excluding hydrogens is 367 g/mol. The number of H-pyrrole nitrogens is 1. The van der Waals surface area contributed by atoms with Crippen LogP contribution in [-0.4, -0.2) is 90.1 Å². The maximum absolute atomic E-state index is 12.7. The fraction of sp³-hybridized carbons (Fsp3) is 0.312. The molecule has 0 saturated heterocycles. The van der Waals surface area contributed by atoms with Crippen LogP contribution >= 0.6 is 0 Å². The van der Waals surface area contributed by atoms with E-state index < -0.39 is 11.2 Å². The van der Waals surface area contributed by atoms with E-state index in [-0.39, 0.29) is 57.1 Å². The van der Waals surface area contributed by atoms with Crippen LogP contribution in [0.2, 0.25) is 0 Å². The molecule has 0 bridgehead atoms. The minimum absolute atomic E-state index is 0. The number of nitrogens with zero attached hydrogens (tertiary/aromatic N) is 3. The van der Waals surface area contributed by atoms with Gasteiger partial charge in [-0.1, -0.05) is 0 Å². The van der Waals surface area contributed by atoms with E-state index in [1.54, 1.807) is 32.5 Å². The van der Waals surface area contributed by atoms with Crippen LogP contribution in [0.5, 0.6) is 11.6 Å². The Kier molecular flexibility index (Phi) is 7.26. The number of aryl methyl sites for hydroxylation is 1. The monoisotopic (exact) mass is 386 g/mol. The van der Waals surface area contributed by atoms with Gasteiger partial charge < -0.3 is 14.0 Å². The van der Waals surface area contributed by atoms with Gasteiger partial charge in [0, 0.05) is 34.6 Å². The fourth-order valence-electron chi connectivity index (χ4n) is 2.48. The number of aromatic nitrogens is 4. The van der Waals surface area contributed by atoms with Crippen molar-refractivity contribution in [3.8, 4) is 11.6 Å². The molecule has 0 aliphatic carbocycles. The molecule has 0 spiro atoms. The molecule has 1 atom stereocenters. The number of methoxy groups -OCH3 is 2. The fourth-order valence-corrected chi connectivity index (χ4v) is 3.57. The molecule has 0 saturated carbocycles. The Morgan fingerprint density at radius 3 is 2.60 bits per heavy atom. The molecule has 0 amide bonds. The first-order valence-corrected chi connectivity index (χ1v) is 8.63.